The van der Waals surface area contributed by atoms with Crippen LogP contribution in [0.25, 0.3) is 11.0 Å². The minimum atomic E-state index is -0.222. The van der Waals surface area contributed by atoms with Crippen LogP contribution in [0.2, 0.25) is 0 Å². The molecule has 0 saturated carbocycles. The Kier molecular flexibility index (Phi) is 3.72. The molecule has 1 heterocycles. The van der Waals surface area contributed by atoms with Crippen molar-refractivity contribution in [1.29, 1.82) is 0 Å². The number of quaternary nitrogens is 1. The minimum Gasteiger partial charge on any atom is -0.507 e. The molecule has 0 bridgehead atoms. The first-order valence-corrected chi connectivity index (χ1v) is 7.66. The molecule has 0 aliphatic heterocycles. The lowest BCUT2D eigenvalue weighted by Crippen LogP contribution is -3.04. The van der Waals surface area contributed by atoms with Gasteiger partial charge in [-0.2, -0.15) is 0 Å². The lowest BCUT2D eigenvalue weighted by Gasteiger charge is -2.14. The van der Waals surface area contributed by atoms with E-state index in [2.05, 4.69) is 0 Å². The summed E-state index contributed by atoms with van der Waals surface area (Å²) in [5.41, 5.74) is 3.06. The second-order valence-corrected chi connectivity index (χ2v) is 6.23. The number of benzene rings is 1. The number of nitrogens with one attached hydrogen (secondary N) is 1. The van der Waals surface area contributed by atoms with Gasteiger partial charge in [-0.05, 0) is 43.4 Å². The van der Waals surface area contributed by atoms with Crippen molar-refractivity contribution in [3.63, 3.8) is 0 Å². The molecule has 4 heteroatoms. The Morgan fingerprint density at radius 1 is 1.14 bits per heavy atom. The maximum absolute atomic E-state index is 12.3. The summed E-state index contributed by atoms with van der Waals surface area (Å²) in [5, 5.41) is 11.1. The van der Waals surface area contributed by atoms with Gasteiger partial charge in [-0.25, -0.2) is 4.79 Å². The minimum absolute atomic E-state index is 0.209. The molecule has 0 unspecified atom stereocenters. The first kappa shape index (κ1) is 14.1. The molecule has 0 spiro atoms. The van der Waals surface area contributed by atoms with Gasteiger partial charge in [-0.3, -0.25) is 0 Å². The Labute approximate surface area is 124 Å². The quantitative estimate of drug-likeness (QED) is 0.649. The van der Waals surface area contributed by atoms with Crippen molar-refractivity contribution in [2.75, 3.05) is 14.1 Å². The van der Waals surface area contributed by atoms with Gasteiger partial charge in [0.1, 0.15) is 12.3 Å². The molecular weight excluding hydrogens is 266 g/mol. The summed E-state index contributed by atoms with van der Waals surface area (Å²) in [7, 11) is 4.03. The third-order valence-electron chi connectivity index (χ3n) is 4.25. The number of hydrogen-bond acceptors (Lipinski definition) is 3. The number of aryl methyl sites for hydroxylation is 1. The van der Waals surface area contributed by atoms with E-state index in [0.717, 1.165) is 54.2 Å². The molecule has 1 aliphatic rings. The van der Waals surface area contributed by atoms with E-state index in [9.17, 15) is 9.90 Å². The zero-order valence-corrected chi connectivity index (χ0v) is 12.7. The summed E-state index contributed by atoms with van der Waals surface area (Å²) >= 11 is 0. The van der Waals surface area contributed by atoms with E-state index in [1.807, 2.05) is 20.2 Å². The van der Waals surface area contributed by atoms with Gasteiger partial charge < -0.3 is 14.4 Å². The number of phenols is 1. The van der Waals surface area contributed by atoms with E-state index in [0.29, 0.717) is 12.1 Å². The second-order valence-electron chi connectivity index (χ2n) is 6.23. The van der Waals surface area contributed by atoms with Crippen LogP contribution in [-0.2, 0) is 19.4 Å². The average Bonchev–Trinajstić information content (AvgIpc) is 2.68. The molecule has 112 valence electrons. The molecule has 2 aromatic rings. The molecule has 2 N–H and O–H groups in total. The standard InChI is InChI=1S/C17H21NO3/c1-18(2)10-14-15(19)9-8-12-11-6-4-3-5-7-13(11)17(20)21-16(12)14/h8-9,19H,3-7,10H2,1-2H3/p+1. The third-order valence-corrected chi connectivity index (χ3v) is 4.25. The van der Waals surface area contributed by atoms with Gasteiger partial charge >= 0.3 is 5.63 Å². The van der Waals surface area contributed by atoms with Crippen molar-refractivity contribution >= 4 is 11.0 Å². The van der Waals surface area contributed by atoms with Gasteiger partial charge in [0.05, 0.1) is 19.7 Å². The largest absolute Gasteiger partial charge is 0.507 e. The van der Waals surface area contributed by atoms with E-state index in [1.54, 1.807) is 6.07 Å². The molecule has 0 amide bonds. The zero-order valence-electron chi connectivity index (χ0n) is 12.7. The highest BCUT2D eigenvalue weighted by Crippen LogP contribution is 2.31. The Bertz CT molecular complexity index is 731. The fourth-order valence-corrected chi connectivity index (χ4v) is 3.25. The molecule has 1 aromatic heterocycles. The Morgan fingerprint density at radius 2 is 1.86 bits per heavy atom. The number of fused-ring (bicyclic) bond motifs is 3. The molecule has 1 aliphatic carbocycles. The van der Waals surface area contributed by atoms with Crippen LogP contribution in [-0.4, -0.2) is 19.2 Å². The van der Waals surface area contributed by atoms with Crippen LogP contribution in [0.4, 0.5) is 0 Å². The van der Waals surface area contributed by atoms with Crippen LogP contribution in [0.3, 0.4) is 0 Å². The van der Waals surface area contributed by atoms with E-state index in [4.69, 9.17) is 4.42 Å². The SMILES string of the molecule is C[NH+](C)Cc1c(O)ccc2c3c(c(=O)oc12)CCCCC3. The van der Waals surface area contributed by atoms with Crippen molar-refractivity contribution in [2.45, 2.75) is 38.6 Å². The summed E-state index contributed by atoms with van der Waals surface area (Å²) in [6.45, 7) is 0.630. The number of aromatic hydroxyl groups is 1. The number of phenolic OH excluding ortho intramolecular Hbond substituents is 1. The molecular formula is C17H22NO3+. The van der Waals surface area contributed by atoms with Crippen LogP contribution in [0.5, 0.6) is 5.75 Å². The van der Waals surface area contributed by atoms with Gasteiger partial charge in [0.15, 0.2) is 5.58 Å². The van der Waals surface area contributed by atoms with Crippen molar-refractivity contribution in [2.24, 2.45) is 0 Å². The van der Waals surface area contributed by atoms with Gasteiger partial charge in [0.25, 0.3) is 0 Å². The van der Waals surface area contributed by atoms with Gasteiger partial charge in [-0.1, -0.05) is 6.42 Å². The van der Waals surface area contributed by atoms with Crippen LogP contribution >= 0.6 is 0 Å². The maximum atomic E-state index is 12.3. The Hall–Kier alpha value is -1.81. The van der Waals surface area contributed by atoms with E-state index in [1.165, 1.54) is 4.90 Å². The lowest BCUT2D eigenvalue weighted by atomic mass is 9.98. The van der Waals surface area contributed by atoms with Gasteiger partial charge in [0.2, 0.25) is 0 Å². The molecule has 3 rings (SSSR count). The van der Waals surface area contributed by atoms with Crippen molar-refractivity contribution in [3.8, 4) is 5.75 Å². The van der Waals surface area contributed by atoms with Crippen molar-refractivity contribution in [1.82, 2.24) is 0 Å². The molecule has 4 nitrogen and oxygen atoms in total. The predicted molar refractivity (Wildman–Crippen MR) is 81.9 cm³/mol. The number of hydrogen-bond donors (Lipinski definition) is 2. The van der Waals surface area contributed by atoms with Crippen LogP contribution < -0.4 is 10.5 Å². The summed E-state index contributed by atoms with van der Waals surface area (Å²) in [6, 6.07) is 3.62. The Balaban J connectivity index is 2.31. The second kappa shape index (κ2) is 5.53. The molecule has 0 radical (unpaired) electrons. The smallest absolute Gasteiger partial charge is 0.339 e. The third kappa shape index (κ3) is 2.56. The maximum Gasteiger partial charge on any atom is 0.339 e. The number of rotatable bonds is 2. The lowest BCUT2D eigenvalue weighted by molar-refractivity contribution is -0.872. The fraction of sp³-hybridized carbons (Fsp3) is 0.471. The topological polar surface area (TPSA) is 54.9 Å². The van der Waals surface area contributed by atoms with Crippen molar-refractivity contribution < 1.29 is 14.4 Å². The summed E-state index contributed by atoms with van der Waals surface area (Å²) in [4.78, 5) is 13.5. The van der Waals surface area contributed by atoms with E-state index >= 15 is 0 Å². The van der Waals surface area contributed by atoms with Crippen molar-refractivity contribution in [3.05, 3.63) is 39.2 Å². The normalized spacial score (nSPS) is 15.2. The highest BCUT2D eigenvalue weighted by molar-refractivity contribution is 5.86. The first-order chi connectivity index (χ1) is 10.1. The monoisotopic (exact) mass is 288 g/mol. The summed E-state index contributed by atoms with van der Waals surface area (Å²) in [5.74, 6) is 0.209. The van der Waals surface area contributed by atoms with E-state index < -0.39 is 0 Å². The first-order valence-electron chi connectivity index (χ1n) is 7.66. The molecule has 21 heavy (non-hydrogen) atoms. The van der Waals surface area contributed by atoms with Gasteiger partial charge in [0, 0.05) is 10.9 Å². The summed E-state index contributed by atoms with van der Waals surface area (Å²) in [6.07, 6.45) is 5.05. The molecule has 0 saturated heterocycles. The zero-order chi connectivity index (χ0) is 15.0. The predicted octanol–water partition coefficient (Wildman–Crippen LogP) is 1.41. The van der Waals surface area contributed by atoms with Crippen LogP contribution in [0.15, 0.2) is 21.3 Å². The molecule has 1 aromatic carbocycles. The van der Waals surface area contributed by atoms with Crippen LogP contribution in [0.1, 0.15) is 36.0 Å². The Morgan fingerprint density at radius 3 is 2.57 bits per heavy atom. The molecule has 0 atom stereocenters. The van der Waals surface area contributed by atoms with Gasteiger partial charge in [-0.15, -0.1) is 0 Å². The highest BCUT2D eigenvalue weighted by Gasteiger charge is 2.21. The van der Waals surface area contributed by atoms with E-state index in [-0.39, 0.29) is 11.4 Å². The highest BCUT2D eigenvalue weighted by atomic mass is 16.4. The average molecular weight is 288 g/mol. The molecule has 0 fully saturated rings. The summed E-state index contributed by atoms with van der Waals surface area (Å²) < 4.78 is 5.60. The van der Waals surface area contributed by atoms with Crippen LogP contribution in [0, 0.1) is 0 Å². The fourth-order valence-electron chi connectivity index (χ4n) is 3.25.